The first-order chi connectivity index (χ1) is 16.9. The summed E-state index contributed by atoms with van der Waals surface area (Å²) in [6.45, 7) is 9.38. The smallest absolute Gasteiger partial charge is 0.226 e. The molecule has 1 fully saturated rings. The van der Waals surface area contributed by atoms with E-state index in [9.17, 15) is 9.18 Å². The van der Waals surface area contributed by atoms with E-state index < -0.39 is 0 Å². The number of hydrogen-bond donors (Lipinski definition) is 1. The Balaban J connectivity index is 1.07. The molecule has 1 aromatic carbocycles. The Kier molecular flexibility index (Phi) is 6.56. The van der Waals surface area contributed by atoms with Gasteiger partial charge in [0.1, 0.15) is 17.5 Å². The van der Waals surface area contributed by atoms with Gasteiger partial charge in [-0.15, -0.1) is 0 Å². The van der Waals surface area contributed by atoms with E-state index in [1.54, 1.807) is 12.3 Å². The predicted molar refractivity (Wildman–Crippen MR) is 136 cm³/mol. The van der Waals surface area contributed by atoms with E-state index in [1.807, 2.05) is 24.3 Å². The van der Waals surface area contributed by atoms with Gasteiger partial charge < -0.3 is 15.0 Å². The minimum Gasteiger partial charge on any atom is -0.478 e. The summed E-state index contributed by atoms with van der Waals surface area (Å²) in [4.78, 5) is 25.7. The molecule has 0 radical (unpaired) electrons. The SMILES string of the molecule is CC1(C)CC(=O)Nc2nc(OCCCCN3CCN(c4nccc5ccc(F)cc45)CC3)ccc21. The van der Waals surface area contributed by atoms with Gasteiger partial charge in [0, 0.05) is 61.2 Å². The molecule has 0 atom stereocenters. The van der Waals surface area contributed by atoms with Crippen LogP contribution >= 0.6 is 0 Å². The summed E-state index contributed by atoms with van der Waals surface area (Å²) < 4.78 is 19.7. The molecule has 1 amide bonds. The third kappa shape index (κ3) is 5.22. The molecule has 0 saturated carbocycles. The van der Waals surface area contributed by atoms with Gasteiger partial charge in [0.15, 0.2) is 0 Å². The standard InChI is InChI=1S/C27H32FN5O2/c1-27(2)18-23(34)30-25-22(27)7-8-24(31-25)35-16-4-3-11-32-12-14-33(15-13-32)26-21-17-20(28)6-5-19(21)9-10-29-26/h5-10,17H,3-4,11-16,18H2,1-2H3,(H,30,31,34). The van der Waals surface area contributed by atoms with Crippen molar-refractivity contribution in [3.63, 3.8) is 0 Å². The van der Waals surface area contributed by atoms with Gasteiger partial charge in [0.25, 0.3) is 0 Å². The maximum absolute atomic E-state index is 13.8. The lowest BCUT2D eigenvalue weighted by atomic mass is 9.79. The second kappa shape index (κ2) is 9.77. The molecule has 5 rings (SSSR count). The summed E-state index contributed by atoms with van der Waals surface area (Å²) in [5.74, 6) is 1.80. The molecule has 4 heterocycles. The molecule has 0 unspecified atom stereocenters. The summed E-state index contributed by atoms with van der Waals surface area (Å²) in [5, 5.41) is 4.75. The number of halogens is 1. The Labute approximate surface area is 205 Å². The highest BCUT2D eigenvalue weighted by Crippen LogP contribution is 2.37. The molecule has 2 aliphatic rings. The Morgan fingerprint density at radius 1 is 1.09 bits per heavy atom. The van der Waals surface area contributed by atoms with Gasteiger partial charge in [-0.1, -0.05) is 19.9 Å². The molecule has 0 aliphatic carbocycles. The van der Waals surface area contributed by atoms with Gasteiger partial charge in [-0.2, -0.15) is 4.98 Å². The molecule has 1 N–H and O–H groups in total. The fourth-order valence-corrected chi connectivity index (χ4v) is 5.01. The zero-order valence-corrected chi connectivity index (χ0v) is 20.4. The van der Waals surface area contributed by atoms with Gasteiger partial charge in [-0.05, 0) is 49.0 Å². The quantitative estimate of drug-likeness (QED) is 0.510. The van der Waals surface area contributed by atoms with Crippen LogP contribution in [0.1, 0.15) is 38.7 Å². The molecule has 2 aliphatic heterocycles. The fourth-order valence-electron chi connectivity index (χ4n) is 5.01. The zero-order valence-electron chi connectivity index (χ0n) is 20.4. The van der Waals surface area contributed by atoms with Crippen LogP contribution in [0.25, 0.3) is 10.8 Å². The van der Waals surface area contributed by atoms with Crippen LogP contribution in [0, 0.1) is 5.82 Å². The summed E-state index contributed by atoms with van der Waals surface area (Å²) in [5.41, 5.74) is 0.833. The zero-order chi connectivity index (χ0) is 24.4. The third-order valence-electron chi connectivity index (χ3n) is 6.96. The lowest BCUT2D eigenvalue weighted by molar-refractivity contribution is -0.117. The van der Waals surface area contributed by atoms with E-state index in [-0.39, 0.29) is 17.1 Å². The van der Waals surface area contributed by atoms with Crippen LogP contribution in [-0.4, -0.2) is 60.1 Å². The highest BCUT2D eigenvalue weighted by molar-refractivity contribution is 5.94. The first-order valence-corrected chi connectivity index (χ1v) is 12.3. The third-order valence-corrected chi connectivity index (χ3v) is 6.96. The van der Waals surface area contributed by atoms with Crippen LogP contribution in [0.15, 0.2) is 42.6 Å². The van der Waals surface area contributed by atoms with Crippen LogP contribution < -0.4 is 15.0 Å². The number of ether oxygens (including phenoxy) is 1. The van der Waals surface area contributed by atoms with E-state index >= 15 is 0 Å². The molecule has 8 heteroatoms. The van der Waals surface area contributed by atoms with Gasteiger partial charge in [0.05, 0.1) is 6.61 Å². The first kappa shape index (κ1) is 23.5. The molecule has 35 heavy (non-hydrogen) atoms. The highest BCUT2D eigenvalue weighted by atomic mass is 19.1. The van der Waals surface area contributed by atoms with Gasteiger partial charge in [-0.3, -0.25) is 9.69 Å². The van der Waals surface area contributed by atoms with Crippen LogP contribution in [-0.2, 0) is 10.2 Å². The number of amides is 1. The Morgan fingerprint density at radius 2 is 1.91 bits per heavy atom. The maximum atomic E-state index is 13.8. The lowest BCUT2D eigenvalue weighted by Crippen LogP contribution is -2.47. The van der Waals surface area contributed by atoms with Gasteiger partial charge in [-0.25, -0.2) is 9.37 Å². The van der Waals surface area contributed by atoms with Crippen LogP contribution in [0.5, 0.6) is 5.88 Å². The Morgan fingerprint density at radius 3 is 2.74 bits per heavy atom. The number of aromatic nitrogens is 2. The van der Waals surface area contributed by atoms with Gasteiger partial charge in [0.2, 0.25) is 11.8 Å². The number of carbonyl (C=O) groups excluding carboxylic acids is 1. The number of unbranched alkanes of at least 4 members (excludes halogenated alkanes) is 1. The Hall–Kier alpha value is -3.26. The summed E-state index contributed by atoms with van der Waals surface area (Å²) in [6.07, 6.45) is 4.23. The molecule has 2 aromatic heterocycles. The van der Waals surface area contributed by atoms with Crippen molar-refractivity contribution in [1.29, 1.82) is 0 Å². The van der Waals surface area contributed by atoms with Crippen molar-refractivity contribution in [3.05, 3.63) is 54.0 Å². The number of hydrogen-bond acceptors (Lipinski definition) is 6. The van der Waals surface area contributed by atoms with Crippen LogP contribution in [0.3, 0.4) is 0 Å². The summed E-state index contributed by atoms with van der Waals surface area (Å²) in [6, 6.07) is 10.7. The van der Waals surface area contributed by atoms with E-state index in [4.69, 9.17) is 4.74 Å². The highest BCUT2D eigenvalue weighted by Gasteiger charge is 2.33. The number of rotatable bonds is 7. The second-order valence-electron chi connectivity index (χ2n) is 10.0. The van der Waals surface area contributed by atoms with Gasteiger partial charge >= 0.3 is 0 Å². The summed E-state index contributed by atoms with van der Waals surface area (Å²) in [7, 11) is 0. The minimum atomic E-state index is -0.230. The van der Waals surface area contributed by atoms with E-state index in [2.05, 4.69) is 38.9 Å². The monoisotopic (exact) mass is 477 g/mol. The topological polar surface area (TPSA) is 70.6 Å². The number of nitrogens with one attached hydrogen (secondary N) is 1. The number of nitrogens with zero attached hydrogens (tertiary/aromatic N) is 4. The Bertz CT molecular complexity index is 1220. The maximum Gasteiger partial charge on any atom is 0.226 e. The number of benzene rings is 1. The molecule has 0 spiro atoms. The van der Waals surface area contributed by atoms with Crippen molar-refractivity contribution < 1.29 is 13.9 Å². The van der Waals surface area contributed by atoms with E-state index in [0.717, 1.165) is 67.7 Å². The number of fused-ring (bicyclic) bond motifs is 2. The van der Waals surface area contributed by atoms with Crippen molar-refractivity contribution in [2.75, 3.05) is 49.5 Å². The average molecular weight is 478 g/mol. The van der Waals surface area contributed by atoms with E-state index in [1.165, 1.54) is 6.07 Å². The van der Waals surface area contributed by atoms with E-state index in [0.29, 0.717) is 24.7 Å². The van der Waals surface area contributed by atoms with Crippen LogP contribution in [0.4, 0.5) is 16.0 Å². The normalized spacial score (nSPS) is 17.8. The molecule has 184 valence electrons. The number of anilines is 2. The minimum absolute atomic E-state index is 0.00403. The fraction of sp³-hybridized carbons (Fsp3) is 0.444. The van der Waals surface area contributed by atoms with Crippen molar-refractivity contribution >= 4 is 28.3 Å². The van der Waals surface area contributed by atoms with Crippen molar-refractivity contribution in [3.8, 4) is 5.88 Å². The van der Waals surface area contributed by atoms with Crippen molar-refractivity contribution in [1.82, 2.24) is 14.9 Å². The molecular formula is C27H32FN5O2. The number of carbonyl (C=O) groups is 1. The number of piperazine rings is 1. The molecular weight excluding hydrogens is 445 g/mol. The molecule has 3 aromatic rings. The second-order valence-corrected chi connectivity index (χ2v) is 10.0. The number of pyridine rings is 2. The summed E-state index contributed by atoms with van der Waals surface area (Å²) >= 11 is 0. The first-order valence-electron chi connectivity index (χ1n) is 12.3. The van der Waals surface area contributed by atoms with Crippen LogP contribution in [0.2, 0.25) is 0 Å². The predicted octanol–water partition coefficient (Wildman–Crippen LogP) is 4.37. The molecule has 1 saturated heterocycles. The lowest BCUT2D eigenvalue weighted by Gasteiger charge is -2.35. The van der Waals surface area contributed by atoms with Crippen molar-refractivity contribution in [2.24, 2.45) is 0 Å². The average Bonchev–Trinajstić information content (AvgIpc) is 2.83. The molecule has 7 nitrogen and oxygen atoms in total. The largest absolute Gasteiger partial charge is 0.478 e. The van der Waals surface area contributed by atoms with Crippen molar-refractivity contribution in [2.45, 2.75) is 38.5 Å². The molecule has 0 bridgehead atoms.